The van der Waals surface area contributed by atoms with Crippen LogP contribution in [-0.2, 0) is 14.3 Å². The van der Waals surface area contributed by atoms with Crippen molar-refractivity contribution in [1.82, 2.24) is 0 Å². The van der Waals surface area contributed by atoms with Gasteiger partial charge in [0.1, 0.15) is 0 Å². The van der Waals surface area contributed by atoms with Crippen molar-refractivity contribution in [2.45, 2.75) is 44.2 Å². The van der Waals surface area contributed by atoms with Gasteiger partial charge in [-0.05, 0) is 18.4 Å². The zero-order valence-electron chi connectivity index (χ0n) is 12.2. The molecule has 0 aliphatic rings. The molecule has 0 amide bonds. The van der Waals surface area contributed by atoms with Gasteiger partial charge >= 0.3 is 15.6 Å². The molecule has 3 nitrogen and oxygen atoms in total. The standard InChI is InChI=1S/C15H19F3O3S/c1-2-3-11-14(21-22(19,20)15(16,17)18)12-7-10-13-8-5-4-6-9-13/h4-10,14H,2-3,11-12H2,1H3. The van der Waals surface area contributed by atoms with E-state index < -0.39 is 21.7 Å². The largest absolute Gasteiger partial charge is 0.523 e. The van der Waals surface area contributed by atoms with Crippen molar-refractivity contribution in [2.24, 2.45) is 0 Å². The van der Waals surface area contributed by atoms with E-state index in [2.05, 4.69) is 4.18 Å². The average molecular weight is 336 g/mol. The lowest BCUT2D eigenvalue weighted by atomic mass is 10.1. The van der Waals surface area contributed by atoms with E-state index in [1.54, 1.807) is 12.2 Å². The van der Waals surface area contributed by atoms with Crippen LogP contribution in [0.3, 0.4) is 0 Å². The molecule has 7 heteroatoms. The lowest BCUT2D eigenvalue weighted by molar-refractivity contribution is -0.0575. The van der Waals surface area contributed by atoms with E-state index in [0.29, 0.717) is 6.42 Å². The number of halogens is 3. The van der Waals surface area contributed by atoms with Crippen LogP contribution >= 0.6 is 0 Å². The molecule has 0 fully saturated rings. The second-order valence-corrected chi connectivity index (χ2v) is 6.37. The van der Waals surface area contributed by atoms with Crippen molar-refractivity contribution in [2.75, 3.05) is 0 Å². The van der Waals surface area contributed by atoms with Gasteiger partial charge in [-0.2, -0.15) is 21.6 Å². The van der Waals surface area contributed by atoms with Crippen LogP contribution in [0, 0.1) is 0 Å². The third-order valence-corrected chi connectivity index (χ3v) is 4.03. The van der Waals surface area contributed by atoms with Crippen LogP contribution in [0.5, 0.6) is 0 Å². The summed E-state index contributed by atoms with van der Waals surface area (Å²) in [7, 11) is -5.56. The maximum atomic E-state index is 12.4. The minimum Gasteiger partial charge on any atom is -0.260 e. The Bertz CT molecular complexity index is 565. The maximum absolute atomic E-state index is 12.4. The first-order valence-electron chi connectivity index (χ1n) is 6.97. The van der Waals surface area contributed by atoms with Crippen molar-refractivity contribution >= 4 is 16.2 Å². The minimum atomic E-state index is -5.56. The van der Waals surface area contributed by atoms with Crippen LogP contribution in [0.1, 0.15) is 38.2 Å². The summed E-state index contributed by atoms with van der Waals surface area (Å²) < 4.78 is 63.6. The number of unbranched alkanes of at least 4 members (excludes halogenated alkanes) is 1. The highest BCUT2D eigenvalue weighted by atomic mass is 32.2. The van der Waals surface area contributed by atoms with Crippen molar-refractivity contribution in [3.05, 3.63) is 42.0 Å². The van der Waals surface area contributed by atoms with Gasteiger partial charge in [-0.25, -0.2) is 0 Å². The first kappa shape index (κ1) is 18.7. The Morgan fingerprint density at radius 1 is 1.23 bits per heavy atom. The van der Waals surface area contributed by atoms with Crippen LogP contribution in [0.15, 0.2) is 36.4 Å². The smallest absolute Gasteiger partial charge is 0.260 e. The van der Waals surface area contributed by atoms with Gasteiger partial charge < -0.3 is 0 Å². The summed E-state index contributed by atoms with van der Waals surface area (Å²) in [6.45, 7) is 1.87. The van der Waals surface area contributed by atoms with Gasteiger partial charge in [0, 0.05) is 0 Å². The third-order valence-electron chi connectivity index (χ3n) is 2.93. The summed E-state index contributed by atoms with van der Waals surface area (Å²) in [5.74, 6) is 0. The molecule has 1 aromatic carbocycles. The molecular weight excluding hydrogens is 317 g/mol. The molecule has 0 N–H and O–H groups in total. The SMILES string of the molecule is CCCCC(CC=Cc1ccccc1)OS(=O)(=O)C(F)(F)F. The Balaban J connectivity index is 2.71. The molecule has 0 bridgehead atoms. The maximum Gasteiger partial charge on any atom is 0.523 e. The highest BCUT2D eigenvalue weighted by Crippen LogP contribution is 2.27. The van der Waals surface area contributed by atoms with Gasteiger partial charge in [-0.1, -0.05) is 62.2 Å². The normalized spacial score (nSPS) is 14.4. The number of benzene rings is 1. The summed E-state index contributed by atoms with van der Waals surface area (Å²) in [4.78, 5) is 0. The Kier molecular flexibility index (Phi) is 7.09. The third kappa shape index (κ3) is 6.19. The molecule has 1 aromatic rings. The van der Waals surface area contributed by atoms with E-state index in [-0.39, 0.29) is 12.8 Å². The number of alkyl halides is 3. The first-order chi connectivity index (χ1) is 10.3. The molecule has 1 rings (SSSR count). The van der Waals surface area contributed by atoms with Crippen LogP contribution in [-0.4, -0.2) is 20.0 Å². The van der Waals surface area contributed by atoms with Gasteiger partial charge in [0.15, 0.2) is 0 Å². The molecule has 0 saturated heterocycles. The van der Waals surface area contributed by atoms with Gasteiger partial charge in [0.25, 0.3) is 0 Å². The van der Waals surface area contributed by atoms with E-state index >= 15 is 0 Å². The quantitative estimate of drug-likeness (QED) is 0.518. The molecule has 1 atom stereocenters. The van der Waals surface area contributed by atoms with E-state index in [4.69, 9.17) is 0 Å². The Morgan fingerprint density at radius 3 is 2.41 bits per heavy atom. The molecule has 0 spiro atoms. The summed E-state index contributed by atoms with van der Waals surface area (Å²) in [6.07, 6.45) is 4.04. The van der Waals surface area contributed by atoms with Gasteiger partial charge in [0.2, 0.25) is 0 Å². The van der Waals surface area contributed by atoms with E-state index in [1.807, 2.05) is 37.3 Å². The summed E-state index contributed by atoms with van der Waals surface area (Å²) in [5.41, 5.74) is -4.50. The minimum absolute atomic E-state index is 0.101. The lowest BCUT2D eigenvalue weighted by Crippen LogP contribution is -2.30. The zero-order chi connectivity index (χ0) is 16.6. The zero-order valence-corrected chi connectivity index (χ0v) is 13.0. The molecule has 0 aliphatic heterocycles. The molecule has 0 saturated carbocycles. The molecule has 22 heavy (non-hydrogen) atoms. The van der Waals surface area contributed by atoms with Gasteiger partial charge in [-0.15, -0.1) is 0 Å². The number of hydrogen-bond donors (Lipinski definition) is 0. The van der Waals surface area contributed by atoms with Crippen molar-refractivity contribution < 1.29 is 25.8 Å². The van der Waals surface area contributed by atoms with Crippen molar-refractivity contribution in [1.29, 1.82) is 0 Å². The fraction of sp³-hybridized carbons (Fsp3) is 0.467. The molecule has 0 radical (unpaired) electrons. The second kappa shape index (κ2) is 8.33. The highest BCUT2D eigenvalue weighted by molar-refractivity contribution is 7.87. The van der Waals surface area contributed by atoms with Crippen LogP contribution < -0.4 is 0 Å². The fourth-order valence-corrected chi connectivity index (χ4v) is 2.43. The molecule has 0 heterocycles. The van der Waals surface area contributed by atoms with Crippen molar-refractivity contribution in [3.63, 3.8) is 0 Å². The predicted octanol–water partition coefficient (Wildman–Crippen LogP) is 4.51. The summed E-state index contributed by atoms with van der Waals surface area (Å²) in [6, 6.07) is 9.19. The Hall–Kier alpha value is -1.34. The monoisotopic (exact) mass is 336 g/mol. The van der Waals surface area contributed by atoms with E-state index in [1.165, 1.54) is 0 Å². The van der Waals surface area contributed by atoms with E-state index in [9.17, 15) is 21.6 Å². The lowest BCUT2D eigenvalue weighted by Gasteiger charge is -2.16. The van der Waals surface area contributed by atoms with Gasteiger partial charge in [-0.3, -0.25) is 4.18 Å². The number of rotatable bonds is 8. The number of hydrogen-bond acceptors (Lipinski definition) is 3. The fourth-order valence-electron chi connectivity index (χ4n) is 1.79. The second-order valence-electron chi connectivity index (χ2n) is 4.81. The van der Waals surface area contributed by atoms with E-state index in [0.717, 1.165) is 12.0 Å². The Labute approximate surface area is 128 Å². The van der Waals surface area contributed by atoms with Gasteiger partial charge in [0.05, 0.1) is 6.10 Å². The Morgan fingerprint density at radius 2 is 1.86 bits per heavy atom. The highest BCUT2D eigenvalue weighted by Gasteiger charge is 2.48. The first-order valence-corrected chi connectivity index (χ1v) is 8.38. The molecule has 1 unspecified atom stereocenters. The van der Waals surface area contributed by atoms with Crippen LogP contribution in [0.4, 0.5) is 13.2 Å². The van der Waals surface area contributed by atoms with Crippen molar-refractivity contribution in [3.8, 4) is 0 Å². The van der Waals surface area contributed by atoms with Crippen LogP contribution in [0.25, 0.3) is 6.08 Å². The summed E-state index contributed by atoms with van der Waals surface area (Å²) in [5, 5.41) is 0. The molecular formula is C15H19F3O3S. The topological polar surface area (TPSA) is 43.4 Å². The summed E-state index contributed by atoms with van der Waals surface area (Å²) >= 11 is 0. The predicted molar refractivity (Wildman–Crippen MR) is 79.5 cm³/mol. The average Bonchev–Trinajstić information content (AvgIpc) is 2.44. The molecule has 0 aliphatic carbocycles. The molecule has 124 valence electrons. The molecule has 0 aromatic heterocycles. The van der Waals surface area contributed by atoms with Crippen LogP contribution in [0.2, 0.25) is 0 Å².